The third kappa shape index (κ3) is 1.34. The fourth-order valence-electron chi connectivity index (χ4n) is 0.689. The first-order valence-electron chi connectivity index (χ1n) is 2.85. The number of hydrogen-bond donors (Lipinski definition) is 3. The molecule has 1 aliphatic heterocycles. The molecule has 1 heterocycles. The molecule has 1 atom stereocenters. The molecule has 1 unspecified atom stereocenters. The second-order valence-corrected chi connectivity index (χ2v) is 2.30. The van der Waals surface area contributed by atoms with Crippen LogP contribution in [0.4, 0.5) is 0 Å². The summed E-state index contributed by atoms with van der Waals surface area (Å²) < 4.78 is 0. The van der Waals surface area contributed by atoms with Crippen molar-refractivity contribution < 1.29 is 0 Å². The number of nitrogens with one attached hydrogen (secondary N) is 2. The van der Waals surface area contributed by atoms with Crippen LogP contribution in [-0.4, -0.2) is 25.2 Å². The van der Waals surface area contributed by atoms with Crippen LogP contribution in [0.25, 0.3) is 0 Å². The largest absolute Gasteiger partial charge is 0.385 e. The van der Waals surface area contributed by atoms with Crippen LogP contribution in [-0.2, 0) is 0 Å². The van der Waals surface area contributed by atoms with Crippen molar-refractivity contribution in [2.75, 3.05) is 14.1 Å². The normalized spacial score (nSPS) is 26.1. The van der Waals surface area contributed by atoms with Crippen molar-refractivity contribution in [3.63, 3.8) is 0 Å². The maximum absolute atomic E-state index is 5.42. The SMILES string of the molecule is CN(C)C1C=C(N)NN1. The number of nitrogens with two attached hydrogens (primary N) is 1. The molecule has 4 nitrogen and oxygen atoms in total. The van der Waals surface area contributed by atoms with Gasteiger partial charge in [0.1, 0.15) is 5.82 Å². The van der Waals surface area contributed by atoms with E-state index in [9.17, 15) is 0 Å². The molecule has 0 fully saturated rings. The van der Waals surface area contributed by atoms with E-state index >= 15 is 0 Å². The van der Waals surface area contributed by atoms with Gasteiger partial charge in [0, 0.05) is 0 Å². The second kappa shape index (κ2) is 2.24. The van der Waals surface area contributed by atoms with Crippen LogP contribution >= 0.6 is 0 Å². The highest BCUT2D eigenvalue weighted by molar-refractivity contribution is 5.04. The monoisotopic (exact) mass is 128 g/mol. The molecule has 0 saturated heterocycles. The van der Waals surface area contributed by atoms with Crippen molar-refractivity contribution in [2.24, 2.45) is 5.73 Å². The Labute approximate surface area is 54.7 Å². The molecule has 0 radical (unpaired) electrons. The first kappa shape index (κ1) is 6.38. The Kier molecular flexibility index (Phi) is 1.59. The van der Waals surface area contributed by atoms with Crippen molar-refractivity contribution in [1.29, 1.82) is 0 Å². The molecule has 0 aromatic carbocycles. The standard InChI is InChI=1S/C5H12N4/c1-9(2)5-3-4(6)7-8-5/h3,5,7-8H,6H2,1-2H3. The van der Waals surface area contributed by atoms with Crippen LogP contribution in [0.5, 0.6) is 0 Å². The van der Waals surface area contributed by atoms with E-state index < -0.39 is 0 Å². The van der Waals surface area contributed by atoms with E-state index in [2.05, 4.69) is 10.9 Å². The zero-order chi connectivity index (χ0) is 6.85. The van der Waals surface area contributed by atoms with Gasteiger partial charge in [-0.3, -0.25) is 4.90 Å². The molecule has 0 aromatic heterocycles. The van der Waals surface area contributed by atoms with Crippen LogP contribution in [0.2, 0.25) is 0 Å². The molecule has 4 N–H and O–H groups in total. The van der Waals surface area contributed by atoms with Crippen LogP contribution in [0.3, 0.4) is 0 Å². The lowest BCUT2D eigenvalue weighted by molar-refractivity contribution is 0.295. The number of hydrazine groups is 1. The van der Waals surface area contributed by atoms with E-state index in [-0.39, 0.29) is 6.17 Å². The summed E-state index contributed by atoms with van der Waals surface area (Å²) in [4.78, 5) is 2.02. The molecule has 0 bridgehead atoms. The van der Waals surface area contributed by atoms with Gasteiger partial charge in [-0.05, 0) is 20.2 Å². The molecular formula is C5H12N4. The summed E-state index contributed by atoms with van der Waals surface area (Å²) in [6.07, 6.45) is 2.14. The Morgan fingerprint density at radius 3 is 2.56 bits per heavy atom. The van der Waals surface area contributed by atoms with Crippen LogP contribution in [0.1, 0.15) is 0 Å². The van der Waals surface area contributed by atoms with Gasteiger partial charge in [0.25, 0.3) is 0 Å². The highest BCUT2D eigenvalue weighted by atomic mass is 15.5. The lowest BCUT2D eigenvalue weighted by atomic mass is 10.4. The Morgan fingerprint density at radius 2 is 2.33 bits per heavy atom. The highest BCUT2D eigenvalue weighted by Gasteiger charge is 2.12. The van der Waals surface area contributed by atoms with Crippen molar-refractivity contribution in [2.45, 2.75) is 6.17 Å². The molecule has 1 aliphatic rings. The van der Waals surface area contributed by atoms with Gasteiger partial charge in [0.05, 0.1) is 6.17 Å². The van der Waals surface area contributed by atoms with Gasteiger partial charge in [-0.2, -0.15) is 0 Å². The summed E-state index contributed by atoms with van der Waals surface area (Å²) in [6, 6.07) is 0. The van der Waals surface area contributed by atoms with E-state index in [0.717, 1.165) is 0 Å². The molecule has 0 spiro atoms. The molecule has 0 aliphatic carbocycles. The summed E-state index contributed by atoms with van der Waals surface area (Å²) in [7, 11) is 3.96. The van der Waals surface area contributed by atoms with E-state index in [1.54, 1.807) is 0 Å². The smallest absolute Gasteiger partial charge is 0.109 e. The van der Waals surface area contributed by atoms with Gasteiger partial charge in [0.2, 0.25) is 0 Å². The van der Waals surface area contributed by atoms with E-state index in [1.165, 1.54) is 0 Å². The van der Waals surface area contributed by atoms with Crippen molar-refractivity contribution in [1.82, 2.24) is 15.8 Å². The first-order chi connectivity index (χ1) is 4.20. The van der Waals surface area contributed by atoms with E-state index in [0.29, 0.717) is 5.82 Å². The second-order valence-electron chi connectivity index (χ2n) is 2.30. The third-order valence-electron chi connectivity index (χ3n) is 1.26. The molecule has 1 rings (SSSR count). The molecule has 0 aromatic rings. The predicted octanol–water partition coefficient (Wildman–Crippen LogP) is -1.22. The maximum Gasteiger partial charge on any atom is 0.109 e. The van der Waals surface area contributed by atoms with Gasteiger partial charge in [-0.25, -0.2) is 5.43 Å². The average molecular weight is 128 g/mol. The number of nitrogens with zero attached hydrogens (tertiary/aromatic N) is 1. The molecule has 0 saturated carbocycles. The van der Waals surface area contributed by atoms with Crippen molar-refractivity contribution in [3.05, 3.63) is 11.9 Å². The molecule has 9 heavy (non-hydrogen) atoms. The molecule has 4 heteroatoms. The molecular weight excluding hydrogens is 116 g/mol. The van der Waals surface area contributed by atoms with Gasteiger partial charge in [-0.1, -0.05) is 0 Å². The zero-order valence-corrected chi connectivity index (χ0v) is 5.68. The lowest BCUT2D eigenvalue weighted by Crippen LogP contribution is -2.41. The number of hydrogen-bond acceptors (Lipinski definition) is 4. The highest BCUT2D eigenvalue weighted by Crippen LogP contribution is 1.96. The minimum absolute atomic E-state index is 0.227. The van der Waals surface area contributed by atoms with E-state index in [1.807, 2.05) is 25.1 Å². The molecule has 0 amide bonds. The minimum Gasteiger partial charge on any atom is -0.385 e. The fourth-order valence-corrected chi connectivity index (χ4v) is 0.689. The van der Waals surface area contributed by atoms with Gasteiger partial charge in [0.15, 0.2) is 0 Å². The Morgan fingerprint density at radius 1 is 1.67 bits per heavy atom. The lowest BCUT2D eigenvalue weighted by Gasteiger charge is -2.15. The third-order valence-corrected chi connectivity index (χ3v) is 1.26. The van der Waals surface area contributed by atoms with Crippen LogP contribution in [0.15, 0.2) is 11.9 Å². The zero-order valence-electron chi connectivity index (χ0n) is 5.68. The summed E-state index contributed by atoms with van der Waals surface area (Å²) >= 11 is 0. The van der Waals surface area contributed by atoms with E-state index in [4.69, 9.17) is 5.73 Å². The maximum atomic E-state index is 5.42. The van der Waals surface area contributed by atoms with Crippen molar-refractivity contribution >= 4 is 0 Å². The van der Waals surface area contributed by atoms with Crippen LogP contribution < -0.4 is 16.6 Å². The van der Waals surface area contributed by atoms with Gasteiger partial charge in [-0.15, -0.1) is 0 Å². The minimum atomic E-state index is 0.227. The van der Waals surface area contributed by atoms with Gasteiger partial charge >= 0.3 is 0 Å². The Bertz CT molecular complexity index is 129. The Hall–Kier alpha value is -0.740. The van der Waals surface area contributed by atoms with Crippen LogP contribution in [0, 0.1) is 0 Å². The van der Waals surface area contributed by atoms with Gasteiger partial charge < -0.3 is 11.2 Å². The average Bonchev–Trinajstić information content (AvgIpc) is 2.14. The quantitative estimate of drug-likeness (QED) is 0.414. The number of likely N-dealkylation sites (N-methyl/N-ethyl adjacent to an activating group) is 1. The topological polar surface area (TPSA) is 53.3 Å². The number of rotatable bonds is 1. The molecule has 52 valence electrons. The fraction of sp³-hybridized carbons (Fsp3) is 0.600. The summed E-state index contributed by atoms with van der Waals surface area (Å²) in [5.41, 5.74) is 11.2. The summed E-state index contributed by atoms with van der Waals surface area (Å²) in [5, 5.41) is 0. The predicted molar refractivity (Wildman–Crippen MR) is 36.0 cm³/mol. The first-order valence-corrected chi connectivity index (χ1v) is 2.85. The Balaban J connectivity index is 2.47. The summed E-state index contributed by atoms with van der Waals surface area (Å²) in [5.74, 6) is 0.689. The van der Waals surface area contributed by atoms with Crippen molar-refractivity contribution in [3.8, 4) is 0 Å². The summed E-state index contributed by atoms with van der Waals surface area (Å²) in [6.45, 7) is 0.